The van der Waals surface area contributed by atoms with Crippen LogP contribution in [-0.4, -0.2) is 26.3 Å². The predicted octanol–water partition coefficient (Wildman–Crippen LogP) is 4.18. The predicted molar refractivity (Wildman–Crippen MR) is 99.6 cm³/mol. The molecular weight excluding hydrogens is 356 g/mol. The zero-order valence-corrected chi connectivity index (χ0v) is 15.1. The van der Waals surface area contributed by atoms with Crippen LogP contribution in [0.1, 0.15) is 17.0 Å². The summed E-state index contributed by atoms with van der Waals surface area (Å²) in [6.07, 6.45) is 0. The zero-order valence-electron chi connectivity index (χ0n) is 13.5. The Morgan fingerprint density at radius 1 is 1.16 bits per heavy atom. The molecule has 25 heavy (non-hydrogen) atoms. The number of fused-ring (bicyclic) bond motifs is 1. The van der Waals surface area contributed by atoms with Crippen LogP contribution in [-0.2, 0) is 6.61 Å². The minimum Gasteiger partial charge on any atom is -0.486 e. The molecule has 0 fully saturated rings. The topological polar surface area (TPSA) is 52.3 Å². The van der Waals surface area contributed by atoms with E-state index in [0.717, 1.165) is 38.5 Å². The van der Waals surface area contributed by atoms with E-state index in [1.165, 1.54) is 0 Å². The Balaban J connectivity index is 1.56. The zero-order chi connectivity index (χ0) is 17.2. The van der Waals surface area contributed by atoms with Crippen molar-refractivity contribution >= 4 is 29.1 Å². The van der Waals surface area contributed by atoms with Gasteiger partial charge in [0.15, 0.2) is 5.82 Å². The van der Waals surface area contributed by atoms with Gasteiger partial charge < -0.3 is 4.74 Å². The second-order valence-electron chi connectivity index (χ2n) is 5.61. The molecule has 0 amide bonds. The standard InChI is InChI=1S/C18H15ClN4OS/c1-12-9-14(7-8-15(12)19)24-10-17-20-21-18-23(17)22-16(11-25-18)13-5-3-2-4-6-13/h2-9H,10-11H2,1H3. The van der Waals surface area contributed by atoms with Gasteiger partial charge in [-0.2, -0.15) is 9.78 Å². The smallest absolute Gasteiger partial charge is 0.212 e. The third-order valence-electron chi connectivity index (χ3n) is 3.84. The highest BCUT2D eigenvalue weighted by Crippen LogP contribution is 2.25. The number of aryl methyl sites for hydroxylation is 1. The number of rotatable bonds is 4. The summed E-state index contributed by atoms with van der Waals surface area (Å²) in [4.78, 5) is 0. The molecule has 126 valence electrons. The van der Waals surface area contributed by atoms with Crippen molar-refractivity contribution in [2.75, 3.05) is 5.75 Å². The Morgan fingerprint density at radius 2 is 2.00 bits per heavy atom. The molecule has 0 unspecified atom stereocenters. The van der Waals surface area contributed by atoms with Crippen molar-refractivity contribution in [2.24, 2.45) is 5.10 Å². The lowest BCUT2D eigenvalue weighted by atomic mass is 10.1. The summed E-state index contributed by atoms with van der Waals surface area (Å²) in [6, 6.07) is 15.7. The highest BCUT2D eigenvalue weighted by molar-refractivity contribution is 7.99. The van der Waals surface area contributed by atoms with E-state index in [1.54, 1.807) is 16.4 Å². The molecule has 0 N–H and O–H groups in total. The van der Waals surface area contributed by atoms with Gasteiger partial charge in [-0.1, -0.05) is 53.7 Å². The van der Waals surface area contributed by atoms with Gasteiger partial charge in [0.2, 0.25) is 5.16 Å². The molecule has 1 aromatic heterocycles. The third-order valence-corrected chi connectivity index (χ3v) is 5.19. The van der Waals surface area contributed by atoms with Crippen LogP contribution in [0.3, 0.4) is 0 Å². The first-order chi connectivity index (χ1) is 12.2. The number of nitrogens with zero attached hydrogens (tertiary/aromatic N) is 4. The van der Waals surface area contributed by atoms with Gasteiger partial charge in [-0.05, 0) is 36.2 Å². The number of aromatic nitrogens is 3. The fourth-order valence-corrected chi connectivity index (χ4v) is 3.46. The minimum atomic E-state index is 0.292. The number of ether oxygens (including phenoxy) is 1. The first kappa shape index (κ1) is 16.2. The molecule has 1 aliphatic rings. The van der Waals surface area contributed by atoms with Gasteiger partial charge in [0.25, 0.3) is 0 Å². The molecule has 0 aliphatic carbocycles. The van der Waals surface area contributed by atoms with Crippen LogP contribution < -0.4 is 4.74 Å². The Kier molecular flexibility index (Phi) is 4.46. The van der Waals surface area contributed by atoms with Crippen molar-refractivity contribution in [3.05, 3.63) is 70.5 Å². The Bertz CT molecular complexity index is 940. The first-order valence-electron chi connectivity index (χ1n) is 7.80. The molecule has 2 heterocycles. The Hall–Kier alpha value is -2.31. The van der Waals surface area contributed by atoms with Gasteiger partial charge in [0, 0.05) is 10.8 Å². The molecule has 4 rings (SSSR count). The number of halogens is 1. The van der Waals surface area contributed by atoms with Crippen molar-refractivity contribution < 1.29 is 4.74 Å². The van der Waals surface area contributed by atoms with Crippen LogP contribution in [0.2, 0.25) is 5.02 Å². The SMILES string of the molecule is Cc1cc(OCc2nnc3n2N=C(c2ccccc2)CS3)ccc1Cl. The highest BCUT2D eigenvalue weighted by Gasteiger charge is 2.20. The van der Waals surface area contributed by atoms with Crippen LogP contribution in [0.4, 0.5) is 0 Å². The first-order valence-corrected chi connectivity index (χ1v) is 9.16. The average Bonchev–Trinajstić information content (AvgIpc) is 3.06. The lowest BCUT2D eigenvalue weighted by molar-refractivity contribution is 0.289. The second-order valence-corrected chi connectivity index (χ2v) is 6.96. The molecule has 0 saturated heterocycles. The molecule has 0 spiro atoms. The van der Waals surface area contributed by atoms with Crippen LogP contribution in [0.25, 0.3) is 0 Å². The molecule has 5 nitrogen and oxygen atoms in total. The van der Waals surface area contributed by atoms with Gasteiger partial charge in [0.1, 0.15) is 12.4 Å². The summed E-state index contributed by atoms with van der Waals surface area (Å²) >= 11 is 7.67. The van der Waals surface area contributed by atoms with Gasteiger partial charge in [-0.25, -0.2) is 0 Å². The van der Waals surface area contributed by atoms with E-state index >= 15 is 0 Å². The minimum absolute atomic E-state index is 0.292. The van der Waals surface area contributed by atoms with Crippen molar-refractivity contribution in [2.45, 2.75) is 18.7 Å². The summed E-state index contributed by atoms with van der Waals surface area (Å²) < 4.78 is 7.60. The molecule has 0 atom stereocenters. The maximum absolute atomic E-state index is 6.05. The lowest BCUT2D eigenvalue weighted by Crippen LogP contribution is -2.15. The summed E-state index contributed by atoms with van der Waals surface area (Å²) in [7, 11) is 0. The maximum Gasteiger partial charge on any atom is 0.212 e. The average molecular weight is 371 g/mol. The van der Waals surface area contributed by atoms with Crippen LogP contribution in [0, 0.1) is 6.92 Å². The normalized spacial score (nSPS) is 13.3. The molecule has 1 aliphatic heterocycles. The van der Waals surface area contributed by atoms with Crippen molar-refractivity contribution in [3.63, 3.8) is 0 Å². The monoisotopic (exact) mass is 370 g/mol. The molecule has 3 aromatic rings. The van der Waals surface area contributed by atoms with Gasteiger partial charge in [-0.3, -0.25) is 0 Å². The molecule has 0 radical (unpaired) electrons. The molecule has 2 aromatic carbocycles. The maximum atomic E-state index is 6.05. The van der Waals surface area contributed by atoms with E-state index in [2.05, 4.69) is 22.3 Å². The molecule has 0 saturated carbocycles. The highest BCUT2D eigenvalue weighted by atomic mass is 35.5. The van der Waals surface area contributed by atoms with E-state index < -0.39 is 0 Å². The summed E-state index contributed by atoms with van der Waals surface area (Å²) in [5.41, 5.74) is 3.08. The number of hydrogen-bond donors (Lipinski definition) is 0. The Labute approximate surface area is 154 Å². The quantitative estimate of drug-likeness (QED) is 0.691. The largest absolute Gasteiger partial charge is 0.486 e. The fraction of sp³-hybridized carbons (Fsp3) is 0.167. The van der Waals surface area contributed by atoms with Gasteiger partial charge in [-0.15, -0.1) is 10.2 Å². The fourth-order valence-electron chi connectivity index (χ4n) is 2.49. The lowest BCUT2D eigenvalue weighted by Gasteiger charge is -2.14. The van der Waals surface area contributed by atoms with E-state index in [4.69, 9.17) is 21.4 Å². The summed E-state index contributed by atoms with van der Waals surface area (Å²) in [6.45, 7) is 2.24. The van der Waals surface area contributed by atoms with E-state index in [1.807, 2.05) is 43.3 Å². The van der Waals surface area contributed by atoms with Gasteiger partial charge in [0.05, 0.1) is 5.71 Å². The van der Waals surface area contributed by atoms with Crippen molar-refractivity contribution in [3.8, 4) is 5.75 Å². The van der Waals surface area contributed by atoms with Crippen LogP contribution in [0.5, 0.6) is 5.75 Å². The molecule has 7 heteroatoms. The summed E-state index contributed by atoms with van der Waals surface area (Å²) in [5, 5.41) is 14.6. The third kappa shape index (κ3) is 3.41. The van der Waals surface area contributed by atoms with E-state index in [0.29, 0.717) is 12.4 Å². The molecule has 0 bridgehead atoms. The number of hydrogen-bond acceptors (Lipinski definition) is 5. The summed E-state index contributed by atoms with van der Waals surface area (Å²) in [5.74, 6) is 2.19. The number of benzene rings is 2. The van der Waals surface area contributed by atoms with Crippen molar-refractivity contribution in [1.29, 1.82) is 0 Å². The molecular formula is C18H15ClN4OS. The van der Waals surface area contributed by atoms with Crippen LogP contribution in [0.15, 0.2) is 58.8 Å². The van der Waals surface area contributed by atoms with Crippen molar-refractivity contribution in [1.82, 2.24) is 14.9 Å². The van der Waals surface area contributed by atoms with Gasteiger partial charge >= 0.3 is 0 Å². The van der Waals surface area contributed by atoms with Crippen LogP contribution >= 0.6 is 23.4 Å². The number of thioether (sulfide) groups is 1. The van der Waals surface area contributed by atoms with E-state index in [-0.39, 0.29) is 0 Å². The second kappa shape index (κ2) is 6.90. The Morgan fingerprint density at radius 3 is 2.80 bits per heavy atom. The van der Waals surface area contributed by atoms with E-state index in [9.17, 15) is 0 Å².